The smallest absolute Gasteiger partial charge is 0.471 e. The number of anilines is 1. The maximum atomic E-state index is 15.0. The number of nitrogens with one attached hydrogen (secondary N) is 1. The molecule has 0 atom stereocenters. The normalized spacial score (nSPS) is 12.1. The molecule has 210 valence electrons. The first kappa shape index (κ1) is 30.3. The van der Waals surface area contributed by atoms with Crippen molar-refractivity contribution in [3.8, 4) is 17.4 Å². The Morgan fingerprint density at radius 3 is 2.46 bits per heavy atom. The molecule has 1 amide bonds. The molecule has 0 aliphatic carbocycles. The lowest BCUT2D eigenvalue weighted by Gasteiger charge is -2.19. The monoisotopic (exact) mass is 610 g/mol. The standard InChI is InChI=1S/C23H20Cl2F4N4O5S/c1-13(2)12-37-21-17(25)6-15(10-31-21)38-19-8-20(18(7-16(19)24)32-22(34)23(26,27)28)39(35,36)33(29)11-14-4-3-5-30-9-14/h3-10,13H,11-12H2,1-2H3,(H,32,34). The summed E-state index contributed by atoms with van der Waals surface area (Å²) in [4.78, 5) is 18.3. The van der Waals surface area contributed by atoms with Crippen molar-refractivity contribution in [1.82, 2.24) is 14.5 Å². The molecule has 0 radical (unpaired) electrons. The highest BCUT2D eigenvalue weighted by Gasteiger charge is 2.40. The Bertz CT molecular complexity index is 1440. The van der Waals surface area contributed by atoms with Crippen molar-refractivity contribution in [2.75, 3.05) is 11.9 Å². The lowest BCUT2D eigenvalue weighted by atomic mass is 10.2. The van der Waals surface area contributed by atoms with Crippen LogP contribution in [0.4, 0.5) is 23.3 Å². The van der Waals surface area contributed by atoms with Crippen LogP contribution < -0.4 is 14.8 Å². The van der Waals surface area contributed by atoms with Crippen LogP contribution in [0.5, 0.6) is 17.4 Å². The molecule has 0 saturated carbocycles. The molecule has 2 heterocycles. The van der Waals surface area contributed by atoms with Gasteiger partial charge in [-0.3, -0.25) is 9.78 Å². The van der Waals surface area contributed by atoms with E-state index in [1.54, 1.807) is 0 Å². The number of alkyl halides is 3. The molecule has 2 aromatic heterocycles. The molecule has 9 nitrogen and oxygen atoms in total. The van der Waals surface area contributed by atoms with Gasteiger partial charge in [-0.25, -0.2) is 13.4 Å². The second-order valence-corrected chi connectivity index (χ2v) is 10.9. The first-order valence-electron chi connectivity index (χ1n) is 10.9. The van der Waals surface area contributed by atoms with Crippen molar-refractivity contribution in [3.05, 3.63) is 64.5 Å². The van der Waals surface area contributed by atoms with E-state index in [1.165, 1.54) is 42.1 Å². The number of nitrogens with zero attached hydrogens (tertiary/aromatic N) is 3. The average molecular weight is 611 g/mol. The topological polar surface area (TPSA) is 111 Å². The zero-order chi connectivity index (χ0) is 29.0. The molecule has 16 heteroatoms. The van der Waals surface area contributed by atoms with E-state index in [0.717, 1.165) is 0 Å². The van der Waals surface area contributed by atoms with E-state index in [1.807, 2.05) is 13.8 Å². The Hall–Kier alpha value is -3.20. The van der Waals surface area contributed by atoms with E-state index in [4.69, 9.17) is 32.7 Å². The summed E-state index contributed by atoms with van der Waals surface area (Å²) in [5.41, 5.74) is -0.799. The second-order valence-electron chi connectivity index (χ2n) is 8.31. The van der Waals surface area contributed by atoms with Crippen molar-refractivity contribution >= 4 is 44.8 Å². The van der Waals surface area contributed by atoms with Gasteiger partial charge in [-0.05, 0) is 28.1 Å². The third-order valence-electron chi connectivity index (χ3n) is 4.67. The van der Waals surface area contributed by atoms with E-state index in [9.17, 15) is 30.9 Å². The third-order valence-corrected chi connectivity index (χ3v) is 6.78. The van der Waals surface area contributed by atoms with Gasteiger partial charge in [0.05, 0.1) is 30.1 Å². The summed E-state index contributed by atoms with van der Waals surface area (Å²) in [7, 11) is -5.16. The van der Waals surface area contributed by atoms with Gasteiger partial charge in [0.2, 0.25) is 5.88 Å². The number of hydrogen-bond acceptors (Lipinski definition) is 7. The maximum Gasteiger partial charge on any atom is 0.471 e. The number of pyridine rings is 2. The molecule has 0 spiro atoms. The van der Waals surface area contributed by atoms with Crippen molar-refractivity contribution in [3.63, 3.8) is 0 Å². The lowest BCUT2D eigenvalue weighted by molar-refractivity contribution is -0.167. The Labute approximate surface area is 230 Å². The number of aromatic nitrogens is 2. The van der Waals surface area contributed by atoms with Crippen LogP contribution in [0.1, 0.15) is 19.4 Å². The van der Waals surface area contributed by atoms with Gasteiger partial charge in [-0.1, -0.05) is 43.1 Å². The van der Waals surface area contributed by atoms with E-state index in [-0.39, 0.29) is 28.1 Å². The molecule has 0 fully saturated rings. The third kappa shape index (κ3) is 7.91. The van der Waals surface area contributed by atoms with Gasteiger partial charge in [0, 0.05) is 24.5 Å². The first-order valence-corrected chi connectivity index (χ1v) is 13.1. The summed E-state index contributed by atoms with van der Waals surface area (Å²) in [6, 6.07) is 5.43. The van der Waals surface area contributed by atoms with Gasteiger partial charge in [0.25, 0.3) is 10.0 Å². The van der Waals surface area contributed by atoms with E-state index in [2.05, 4.69) is 9.97 Å². The summed E-state index contributed by atoms with van der Waals surface area (Å²) >= 11 is 12.3. The van der Waals surface area contributed by atoms with Gasteiger partial charge < -0.3 is 14.8 Å². The number of hydrogen-bond donors (Lipinski definition) is 1. The summed E-state index contributed by atoms with van der Waals surface area (Å²) in [6.45, 7) is 3.31. The Balaban J connectivity index is 2.01. The highest BCUT2D eigenvalue weighted by molar-refractivity contribution is 7.89. The molecule has 0 saturated heterocycles. The van der Waals surface area contributed by atoms with E-state index in [0.29, 0.717) is 18.7 Å². The predicted molar refractivity (Wildman–Crippen MR) is 134 cm³/mol. The van der Waals surface area contributed by atoms with Crippen LogP contribution in [0.15, 0.2) is 53.8 Å². The number of sulfonamides is 1. The molecule has 0 unspecified atom stereocenters. The van der Waals surface area contributed by atoms with Crippen molar-refractivity contribution in [1.29, 1.82) is 0 Å². The quantitative estimate of drug-likeness (QED) is 0.215. The van der Waals surface area contributed by atoms with Crippen LogP contribution in [0.3, 0.4) is 0 Å². The maximum absolute atomic E-state index is 15.0. The minimum Gasteiger partial charge on any atom is -0.476 e. The van der Waals surface area contributed by atoms with Crippen LogP contribution >= 0.6 is 23.2 Å². The average Bonchev–Trinajstić information content (AvgIpc) is 2.84. The SMILES string of the molecule is CC(C)COc1ncc(Oc2cc(S(=O)(=O)N(F)Cc3cccnc3)c(NC(=O)C(F)(F)F)cc2Cl)cc1Cl. The number of benzene rings is 1. The summed E-state index contributed by atoms with van der Waals surface area (Å²) in [5, 5.41) is 1.03. The van der Waals surface area contributed by atoms with Crippen molar-refractivity contribution in [2.24, 2.45) is 5.92 Å². The van der Waals surface area contributed by atoms with Crippen molar-refractivity contribution in [2.45, 2.75) is 31.5 Å². The number of ether oxygens (including phenoxy) is 2. The molecule has 0 aliphatic heterocycles. The van der Waals surface area contributed by atoms with Gasteiger partial charge in [0.15, 0.2) is 0 Å². The molecule has 3 rings (SSSR count). The zero-order valence-electron chi connectivity index (χ0n) is 20.2. The minimum absolute atomic E-state index is 0.0394. The van der Waals surface area contributed by atoms with Crippen LogP contribution in [0.25, 0.3) is 0 Å². The molecule has 0 aliphatic rings. The van der Waals surface area contributed by atoms with Gasteiger partial charge in [-0.2, -0.15) is 13.2 Å². The molecule has 3 aromatic rings. The van der Waals surface area contributed by atoms with Gasteiger partial charge >= 0.3 is 12.1 Å². The second kappa shape index (κ2) is 12.3. The van der Waals surface area contributed by atoms with Gasteiger partial charge in [0.1, 0.15) is 21.4 Å². The molecule has 0 bridgehead atoms. The fraction of sp³-hybridized carbons (Fsp3) is 0.261. The molecule has 39 heavy (non-hydrogen) atoms. The number of carbonyl (C=O) groups excluding carboxylic acids is 1. The fourth-order valence-electron chi connectivity index (χ4n) is 2.89. The number of halogens is 6. The Morgan fingerprint density at radius 1 is 1.15 bits per heavy atom. The summed E-state index contributed by atoms with van der Waals surface area (Å²) in [5.74, 6) is -2.69. The Kier molecular flexibility index (Phi) is 9.59. The fourth-order valence-corrected chi connectivity index (χ4v) is 4.48. The highest BCUT2D eigenvalue weighted by atomic mass is 35.5. The molecule has 1 aromatic carbocycles. The summed E-state index contributed by atoms with van der Waals surface area (Å²) < 4.78 is 90.2. The minimum atomic E-state index is -5.38. The van der Waals surface area contributed by atoms with Crippen LogP contribution in [-0.4, -0.2) is 41.6 Å². The van der Waals surface area contributed by atoms with Crippen LogP contribution in [-0.2, 0) is 21.4 Å². The van der Waals surface area contributed by atoms with Crippen LogP contribution in [0, 0.1) is 5.92 Å². The van der Waals surface area contributed by atoms with Gasteiger partial charge in [-0.15, -0.1) is 4.48 Å². The van der Waals surface area contributed by atoms with Crippen LogP contribution in [0.2, 0.25) is 10.0 Å². The number of carbonyl (C=O) groups is 1. The highest BCUT2D eigenvalue weighted by Crippen LogP contribution is 2.39. The van der Waals surface area contributed by atoms with E-state index < -0.39 is 54.5 Å². The van der Waals surface area contributed by atoms with Crippen molar-refractivity contribution < 1.29 is 40.3 Å². The zero-order valence-corrected chi connectivity index (χ0v) is 22.5. The number of rotatable bonds is 10. The summed E-state index contributed by atoms with van der Waals surface area (Å²) in [6.07, 6.45) is -1.64. The lowest BCUT2D eigenvalue weighted by Crippen LogP contribution is -2.31. The first-order chi connectivity index (χ1) is 18.2. The molecule has 1 N–H and O–H groups in total. The number of amides is 1. The molecular formula is C23H20Cl2F4N4O5S. The Morgan fingerprint density at radius 2 is 1.87 bits per heavy atom. The predicted octanol–water partition coefficient (Wildman–Crippen LogP) is 6.19. The largest absolute Gasteiger partial charge is 0.476 e. The van der Waals surface area contributed by atoms with E-state index >= 15 is 0 Å². The molecular weight excluding hydrogens is 591 g/mol.